The number of carbonyl (C=O) groups excluding carboxylic acids is 2. The molecule has 162 valence electrons. The third-order valence-electron chi connectivity index (χ3n) is 6.01. The van der Waals surface area contributed by atoms with E-state index in [-0.39, 0.29) is 36.2 Å². The first-order chi connectivity index (χ1) is 13.7. The number of rotatable bonds is 7. The van der Waals surface area contributed by atoms with Crippen molar-refractivity contribution in [2.75, 3.05) is 26.2 Å². The van der Waals surface area contributed by atoms with Crippen LogP contribution in [0.2, 0.25) is 0 Å². The van der Waals surface area contributed by atoms with Gasteiger partial charge in [-0.2, -0.15) is 0 Å². The van der Waals surface area contributed by atoms with Crippen molar-refractivity contribution in [3.63, 3.8) is 0 Å². The fraction of sp³-hybridized carbons (Fsp3) is 0.636. The summed E-state index contributed by atoms with van der Waals surface area (Å²) >= 11 is 0. The van der Waals surface area contributed by atoms with Crippen molar-refractivity contribution in [1.82, 2.24) is 10.2 Å². The van der Waals surface area contributed by atoms with Crippen LogP contribution in [0.5, 0.6) is 5.75 Å². The van der Waals surface area contributed by atoms with Gasteiger partial charge in [0.2, 0.25) is 11.8 Å². The minimum atomic E-state index is -0.118. The summed E-state index contributed by atoms with van der Waals surface area (Å²) in [4.78, 5) is 27.1. The molecule has 2 amide bonds. The van der Waals surface area contributed by atoms with Gasteiger partial charge >= 0.3 is 0 Å². The second-order valence-electron chi connectivity index (χ2n) is 7.99. The Hall–Kier alpha value is -1.79. The van der Waals surface area contributed by atoms with Crippen LogP contribution in [0.1, 0.15) is 44.9 Å². The molecule has 0 radical (unpaired) electrons. The van der Waals surface area contributed by atoms with Crippen molar-refractivity contribution in [2.24, 2.45) is 17.6 Å². The van der Waals surface area contributed by atoms with E-state index in [0.717, 1.165) is 44.4 Å². The van der Waals surface area contributed by atoms with Crippen LogP contribution in [-0.2, 0) is 9.59 Å². The molecule has 1 saturated heterocycles. The van der Waals surface area contributed by atoms with Crippen molar-refractivity contribution < 1.29 is 14.3 Å². The lowest BCUT2D eigenvalue weighted by Crippen LogP contribution is -2.50. The van der Waals surface area contributed by atoms with E-state index < -0.39 is 0 Å². The zero-order valence-corrected chi connectivity index (χ0v) is 17.9. The predicted molar refractivity (Wildman–Crippen MR) is 116 cm³/mol. The van der Waals surface area contributed by atoms with Gasteiger partial charge in [-0.15, -0.1) is 12.4 Å². The molecule has 1 aromatic rings. The standard InChI is InChI=1S/C22H33N3O3.ClH/c23-15-17-7-4-5-11-20(17)24-22(27)18-8-6-13-25(16-18)21(26)12-14-28-19-9-2-1-3-10-19;/h1-3,9-10,17-18,20H,4-8,11-16,23H2,(H,24,27);1H. The maximum atomic E-state index is 12.8. The van der Waals surface area contributed by atoms with E-state index in [9.17, 15) is 9.59 Å². The Morgan fingerprint density at radius 3 is 2.62 bits per heavy atom. The normalized spacial score (nSPS) is 24.3. The molecule has 3 rings (SSSR count). The van der Waals surface area contributed by atoms with E-state index in [1.165, 1.54) is 6.42 Å². The Morgan fingerprint density at radius 2 is 1.86 bits per heavy atom. The highest BCUT2D eigenvalue weighted by atomic mass is 35.5. The zero-order valence-electron chi connectivity index (χ0n) is 17.1. The average molecular weight is 424 g/mol. The van der Waals surface area contributed by atoms with E-state index >= 15 is 0 Å². The monoisotopic (exact) mass is 423 g/mol. The Balaban J connectivity index is 0.00000300. The van der Waals surface area contributed by atoms with Gasteiger partial charge in [0.15, 0.2) is 0 Å². The highest BCUT2D eigenvalue weighted by Crippen LogP contribution is 2.25. The Morgan fingerprint density at radius 1 is 1.10 bits per heavy atom. The molecular formula is C22H34ClN3O3. The van der Waals surface area contributed by atoms with E-state index in [1.54, 1.807) is 0 Å². The van der Waals surface area contributed by atoms with Gasteiger partial charge in [-0.05, 0) is 50.3 Å². The molecule has 1 aromatic carbocycles. The minimum Gasteiger partial charge on any atom is -0.493 e. The maximum Gasteiger partial charge on any atom is 0.226 e. The molecule has 3 N–H and O–H groups in total. The van der Waals surface area contributed by atoms with Crippen LogP contribution in [0.4, 0.5) is 0 Å². The predicted octanol–water partition coefficient (Wildman–Crippen LogP) is 2.75. The molecule has 1 aliphatic heterocycles. The van der Waals surface area contributed by atoms with Crippen molar-refractivity contribution in [2.45, 2.75) is 51.0 Å². The number of likely N-dealkylation sites (tertiary alicyclic amines) is 1. The van der Waals surface area contributed by atoms with E-state index in [0.29, 0.717) is 32.0 Å². The molecule has 6 nitrogen and oxygen atoms in total. The molecule has 3 atom stereocenters. The first-order valence-electron chi connectivity index (χ1n) is 10.6. The van der Waals surface area contributed by atoms with Gasteiger partial charge in [-0.1, -0.05) is 31.0 Å². The van der Waals surface area contributed by atoms with Crippen LogP contribution in [0.3, 0.4) is 0 Å². The summed E-state index contributed by atoms with van der Waals surface area (Å²) in [5.74, 6) is 1.18. The summed E-state index contributed by atoms with van der Waals surface area (Å²) in [6.45, 7) is 2.22. The number of hydrogen-bond acceptors (Lipinski definition) is 4. The summed E-state index contributed by atoms with van der Waals surface area (Å²) < 4.78 is 5.63. The number of benzene rings is 1. The fourth-order valence-corrected chi connectivity index (χ4v) is 4.33. The fourth-order valence-electron chi connectivity index (χ4n) is 4.33. The Kier molecular flexibility index (Phi) is 9.74. The minimum absolute atomic E-state index is 0. The van der Waals surface area contributed by atoms with Gasteiger partial charge in [0.1, 0.15) is 5.75 Å². The number of carbonyl (C=O) groups is 2. The van der Waals surface area contributed by atoms with Gasteiger partial charge in [0.25, 0.3) is 0 Å². The average Bonchev–Trinajstić information content (AvgIpc) is 2.75. The molecule has 2 fully saturated rings. The molecule has 0 aromatic heterocycles. The Labute approximate surface area is 179 Å². The second-order valence-corrected chi connectivity index (χ2v) is 7.99. The highest BCUT2D eigenvalue weighted by Gasteiger charge is 2.31. The number of halogens is 1. The van der Waals surface area contributed by atoms with Crippen molar-refractivity contribution in [3.05, 3.63) is 30.3 Å². The van der Waals surface area contributed by atoms with Gasteiger partial charge in [0, 0.05) is 19.1 Å². The summed E-state index contributed by atoms with van der Waals surface area (Å²) in [5, 5.41) is 3.23. The molecule has 29 heavy (non-hydrogen) atoms. The number of nitrogens with two attached hydrogens (primary N) is 1. The van der Waals surface area contributed by atoms with Gasteiger partial charge in [0.05, 0.1) is 18.9 Å². The third kappa shape index (κ3) is 6.89. The summed E-state index contributed by atoms with van der Waals surface area (Å²) in [6.07, 6.45) is 6.51. The third-order valence-corrected chi connectivity index (χ3v) is 6.01. The zero-order chi connectivity index (χ0) is 19.8. The smallest absolute Gasteiger partial charge is 0.226 e. The first kappa shape index (κ1) is 23.5. The van der Waals surface area contributed by atoms with Gasteiger partial charge in [-0.3, -0.25) is 9.59 Å². The molecule has 1 saturated carbocycles. The number of hydrogen-bond donors (Lipinski definition) is 2. The number of piperidine rings is 1. The quantitative estimate of drug-likeness (QED) is 0.706. The number of ether oxygens (including phenoxy) is 1. The summed E-state index contributed by atoms with van der Waals surface area (Å²) in [6, 6.07) is 9.70. The van der Waals surface area contributed by atoms with Crippen LogP contribution < -0.4 is 15.8 Å². The largest absolute Gasteiger partial charge is 0.493 e. The lowest BCUT2D eigenvalue weighted by Gasteiger charge is -2.35. The summed E-state index contributed by atoms with van der Waals surface area (Å²) in [7, 11) is 0. The number of amides is 2. The van der Waals surface area contributed by atoms with Crippen LogP contribution in [0, 0.1) is 11.8 Å². The molecule has 3 unspecified atom stereocenters. The molecule has 7 heteroatoms. The molecule has 0 spiro atoms. The van der Waals surface area contributed by atoms with E-state index in [2.05, 4.69) is 5.32 Å². The van der Waals surface area contributed by atoms with Crippen LogP contribution in [0.15, 0.2) is 30.3 Å². The van der Waals surface area contributed by atoms with Crippen molar-refractivity contribution >= 4 is 24.2 Å². The van der Waals surface area contributed by atoms with Crippen LogP contribution >= 0.6 is 12.4 Å². The van der Waals surface area contributed by atoms with Gasteiger partial charge in [-0.25, -0.2) is 0 Å². The lowest BCUT2D eigenvalue weighted by atomic mass is 9.84. The van der Waals surface area contributed by atoms with E-state index in [4.69, 9.17) is 10.5 Å². The van der Waals surface area contributed by atoms with E-state index in [1.807, 2.05) is 35.2 Å². The number of nitrogens with one attached hydrogen (secondary N) is 1. The topological polar surface area (TPSA) is 84.7 Å². The maximum absolute atomic E-state index is 12.8. The summed E-state index contributed by atoms with van der Waals surface area (Å²) in [5.41, 5.74) is 5.88. The van der Waals surface area contributed by atoms with Crippen LogP contribution in [0.25, 0.3) is 0 Å². The van der Waals surface area contributed by atoms with Crippen molar-refractivity contribution in [1.29, 1.82) is 0 Å². The molecular weight excluding hydrogens is 390 g/mol. The molecule has 1 heterocycles. The van der Waals surface area contributed by atoms with Crippen LogP contribution in [-0.4, -0.2) is 49.0 Å². The second kappa shape index (κ2) is 12.0. The van der Waals surface area contributed by atoms with Gasteiger partial charge < -0.3 is 20.7 Å². The number of para-hydroxylation sites is 1. The molecule has 1 aliphatic carbocycles. The number of nitrogens with zero attached hydrogens (tertiary/aromatic N) is 1. The first-order valence-corrected chi connectivity index (χ1v) is 10.6. The Bertz CT molecular complexity index is 643. The lowest BCUT2D eigenvalue weighted by molar-refractivity contribution is -0.136. The molecule has 2 aliphatic rings. The SMILES string of the molecule is Cl.NCC1CCCCC1NC(=O)C1CCCN(C(=O)CCOc2ccccc2)C1. The highest BCUT2D eigenvalue weighted by molar-refractivity contribution is 5.85. The van der Waals surface area contributed by atoms with Crippen molar-refractivity contribution in [3.8, 4) is 5.75 Å². The molecule has 0 bridgehead atoms.